The fourth-order valence-electron chi connectivity index (χ4n) is 6.34. The summed E-state index contributed by atoms with van der Waals surface area (Å²) in [5.74, 6) is 0.677. The van der Waals surface area contributed by atoms with Crippen molar-refractivity contribution in [1.29, 1.82) is 0 Å². The van der Waals surface area contributed by atoms with Gasteiger partial charge in [0.25, 0.3) is 5.91 Å². The number of fused-ring (bicyclic) bond motifs is 1. The number of imide groups is 1. The molecular formula is C28H39N3O5. The van der Waals surface area contributed by atoms with Crippen LogP contribution in [-0.4, -0.2) is 60.6 Å². The molecule has 2 aliphatic heterocycles. The van der Waals surface area contributed by atoms with Crippen LogP contribution in [0.15, 0.2) is 18.2 Å². The maximum atomic E-state index is 13.0. The molecule has 3 fully saturated rings. The van der Waals surface area contributed by atoms with E-state index < -0.39 is 6.04 Å². The molecule has 2 saturated carbocycles. The molecule has 36 heavy (non-hydrogen) atoms. The number of amides is 3. The van der Waals surface area contributed by atoms with Crippen molar-refractivity contribution in [3.05, 3.63) is 29.3 Å². The highest BCUT2D eigenvalue weighted by molar-refractivity contribution is 6.05. The molecule has 3 amide bonds. The third-order valence-corrected chi connectivity index (χ3v) is 8.53. The summed E-state index contributed by atoms with van der Waals surface area (Å²) in [7, 11) is 1.82. The van der Waals surface area contributed by atoms with E-state index in [1.165, 1.54) is 25.7 Å². The maximum Gasteiger partial charge on any atom is 0.255 e. The Labute approximate surface area is 213 Å². The fourth-order valence-corrected chi connectivity index (χ4v) is 6.34. The average molecular weight is 498 g/mol. The second kappa shape index (κ2) is 11.3. The lowest BCUT2D eigenvalue weighted by Gasteiger charge is -2.32. The molecule has 3 atom stereocenters. The van der Waals surface area contributed by atoms with Gasteiger partial charge in [-0.2, -0.15) is 0 Å². The van der Waals surface area contributed by atoms with Crippen molar-refractivity contribution >= 4 is 17.7 Å². The number of benzene rings is 1. The topological polar surface area (TPSA) is 97.0 Å². The quantitative estimate of drug-likeness (QED) is 0.443. The van der Waals surface area contributed by atoms with Gasteiger partial charge in [-0.05, 0) is 87.6 Å². The highest BCUT2D eigenvalue weighted by Gasteiger charge is 2.39. The Morgan fingerprint density at radius 1 is 1.00 bits per heavy atom. The highest BCUT2D eigenvalue weighted by atomic mass is 16.5. The van der Waals surface area contributed by atoms with Gasteiger partial charge < -0.3 is 19.7 Å². The summed E-state index contributed by atoms with van der Waals surface area (Å²) in [6.07, 6.45) is 11.6. The largest absolute Gasteiger partial charge is 0.489 e. The van der Waals surface area contributed by atoms with Gasteiger partial charge in [0, 0.05) is 31.7 Å². The molecule has 1 saturated heterocycles. The van der Waals surface area contributed by atoms with E-state index >= 15 is 0 Å². The smallest absolute Gasteiger partial charge is 0.255 e. The van der Waals surface area contributed by atoms with E-state index in [0.717, 1.165) is 50.0 Å². The zero-order valence-corrected chi connectivity index (χ0v) is 21.3. The second-order valence-electron chi connectivity index (χ2n) is 10.9. The summed E-state index contributed by atoms with van der Waals surface area (Å²) in [5, 5.41) is 6.21. The molecule has 0 bridgehead atoms. The number of hydrogen-bond acceptors (Lipinski definition) is 6. The van der Waals surface area contributed by atoms with Crippen LogP contribution in [0.5, 0.6) is 5.75 Å². The number of carbonyl (C=O) groups is 3. The Kier molecular flexibility index (Phi) is 7.91. The summed E-state index contributed by atoms with van der Waals surface area (Å²) in [6.45, 7) is 1.40. The van der Waals surface area contributed by atoms with Crippen LogP contribution in [0, 0.1) is 5.92 Å². The van der Waals surface area contributed by atoms with Crippen molar-refractivity contribution in [1.82, 2.24) is 15.5 Å². The molecule has 1 aromatic carbocycles. The van der Waals surface area contributed by atoms with E-state index in [0.29, 0.717) is 36.6 Å². The number of ether oxygens (including phenoxy) is 2. The normalized spacial score (nSPS) is 31.1. The first-order valence-corrected chi connectivity index (χ1v) is 13.7. The molecule has 2 aliphatic carbocycles. The van der Waals surface area contributed by atoms with E-state index in [2.05, 4.69) is 10.6 Å². The van der Waals surface area contributed by atoms with Crippen LogP contribution in [0.3, 0.4) is 0 Å². The minimum absolute atomic E-state index is 0.101. The molecule has 1 aromatic rings. The lowest BCUT2D eigenvalue weighted by Crippen LogP contribution is -2.52. The van der Waals surface area contributed by atoms with Crippen LogP contribution in [0.25, 0.3) is 0 Å². The van der Waals surface area contributed by atoms with Crippen molar-refractivity contribution < 1.29 is 23.9 Å². The van der Waals surface area contributed by atoms with Crippen LogP contribution in [0.2, 0.25) is 0 Å². The van der Waals surface area contributed by atoms with Crippen molar-refractivity contribution in [2.24, 2.45) is 5.92 Å². The molecular weight excluding hydrogens is 458 g/mol. The van der Waals surface area contributed by atoms with Gasteiger partial charge in [0.15, 0.2) is 0 Å². The first-order chi connectivity index (χ1) is 17.5. The molecule has 8 heteroatoms. The number of piperidine rings is 1. The van der Waals surface area contributed by atoms with Crippen LogP contribution >= 0.6 is 0 Å². The Balaban J connectivity index is 1.21. The van der Waals surface area contributed by atoms with Crippen molar-refractivity contribution in [3.8, 4) is 5.75 Å². The van der Waals surface area contributed by atoms with Gasteiger partial charge in [0.05, 0.1) is 6.10 Å². The second-order valence-corrected chi connectivity index (χ2v) is 10.9. The first-order valence-electron chi connectivity index (χ1n) is 13.7. The van der Waals surface area contributed by atoms with Crippen LogP contribution < -0.4 is 15.4 Å². The average Bonchev–Trinajstić information content (AvgIpc) is 3.04. The molecule has 4 aliphatic rings. The summed E-state index contributed by atoms with van der Waals surface area (Å²) < 4.78 is 12.1. The van der Waals surface area contributed by atoms with E-state index in [-0.39, 0.29) is 30.2 Å². The third kappa shape index (κ3) is 5.59. The van der Waals surface area contributed by atoms with Gasteiger partial charge in [0.1, 0.15) is 17.9 Å². The van der Waals surface area contributed by atoms with E-state index in [4.69, 9.17) is 9.47 Å². The van der Waals surface area contributed by atoms with Crippen LogP contribution in [-0.2, 0) is 20.9 Å². The molecule has 0 spiro atoms. The summed E-state index contributed by atoms with van der Waals surface area (Å²) in [5.41, 5.74) is 1.50. The lowest BCUT2D eigenvalue weighted by molar-refractivity contribution is -0.136. The van der Waals surface area contributed by atoms with Crippen molar-refractivity contribution in [2.75, 3.05) is 13.7 Å². The van der Waals surface area contributed by atoms with Crippen LogP contribution in [0.1, 0.15) is 86.6 Å². The van der Waals surface area contributed by atoms with Crippen LogP contribution in [0.4, 0.5) is 0 Å². The number of nitrogens with one attached hydrogen (secondary N) is 2. The maximum absolute atomic E-state index is 13.0. The van der Waals surface area contributed by atoms with Gasteiger partial charge in [-0.1, -0.05) is 12.8 Å². The van der Waals surface area contributed by atoms with Gasteiger partial charge in [-0.15, -0.1) is 0 Å². The summed E-state index contributed by atoms with van der Waals surface area (Å²) >= 11 is 0. The summed E-state index contributed by atoms with van der Waals surface area (Å²) in [4.78, 5) is 38.4. The van der Waals surface area contributed by atoms with E-state index in [9.17, 15) is 14.4 Å². The lowest BCUT2D eigenvalue weighted by atomic mass is 9.87. The predicted octanol–water partition coefficient (Wildman–Crippen LogP) is 3.32. The number of carbonyl (C=O) groups excluding carboxylic acids is 3. The fraction of sp³-hybridized carbons (Fsp3) is 0.679. The van der Waals surface area contributed by atoms with Gasteiger partial charge in [0.2, 0.25) is 11.8 Å². The molecule has 2 heterocycles. The van der Waals surface area contributed by atoms with E-state index in [1.54, 1.807) is 4.90 Å². The van der Waals surface area contributed by atoms with Crippen molar-refractivity contribution in [2.45, 2.75) is 101 Å². The SMILES string of the molecule is CO[C@H]1CC[C@H](CN[C@H]2CCCCC[C@H]2Oc2ccc3c(c2)CN(C2CCC(=O)NC2=O)C3=O)CC1. The molecule has 1 unspecified atom stereocenters. The Hall–Kier alpha value is -2.45. The molecule has 8 nitrogen and oxygen atoms in total. The van der Waals surface area contributed by atoms with Gasteiger partial charge in [-0.25, -0.2) is 0 Å². The number of methoxy groups -OCH3 is 1. The number of nitrogens with zero attached hydrogens (tertiary/aromatic N) is 1. The van der Waals surface area contributed by atoms with Crippen molar-refractivity contribution in [3.63, 3.8) is 0 Å². The van der Waals surface area contributed by atoms with E-state index in [1.807, 2.05) is 25.3 Å². The monoisotopic (exact) mass is 497 g/mol. The standard InChI is InChI=1S/C28H39N3O5/c1-35-20-9-7-18(8-10-20)16-29-23-5-3-2-4-6-25(23)36-21-11-12-22-19(15-21)17-31(28(22)34)24-13-14-26(32)30-27(24)33/h11-12,15,18,20,23-25,29H,2-10,13-14,16-17H2,1H3,(H,30,32,33)/t18-,20-,23-,24?,25+/m0/s1. The zero-order chi connectivity index (χ0) is 25.1. The number of rotatable bonds is 7. The molecule has 0 aromatic heterocycles. The minimum Gasteiger partial charge on any atom is -0.489 e. The summed E-state index contributed by atoms with van der Waals surface area (Å²) in [6, 6.07) is 5.40. The molecule has 5 rings (SSSR count). The van der Waals surface area contributed by atoms with Gasteiger partial charge in [-0.3, -0.25) is 19.7 Å². The number of hydrogen-bond donors (Lipinski definition) is 2. The third-order valence-electron chi connectivity index (χ3n) is 8.53. The Morgan fingerprint density at radius 3 is 2.58 bits per heavy atom. The molecule has 0 radical (unpaired) electrons. The highest BCUT2D eigenvalue weighted by Crippen LogP contribution is 2.32. The Bertz CT molecular complexity index is 974. The zero-order valence-electron chi connectivity index (χ0n) is 21.3. The first kappa shape index (κ1) is 25.2. The van der Waals surface area contributed by atoms with Gasteiger partial charge >= 0.3 is 0 Å². The minimum atomic E-state index is -0.596. The Morgan fingerprint density at radius 2 is 1.81 bits per heavy atom. The molecule has 2 N–H and O–H groups in total. The molecule has 196 valence electrons. The predicted molar refractivity (Wildman–Crippen MR) is 135 cm³/mol.